The molecule has 1 amide bonds. The van der Waals surface area contributed by atoms with Crippen LogP contribution < -0.4 is 5.32 Å². The molecule has 5 heteroatoms. The number of nitrogens with one attached hydrogen (secondary N) is 1. The van der Waals surface area contributed by atoms with Crippen LogP contribution in [0.1, 0.15) is 18.9 Å². The Kier molecular flexibility index (Phi) is 6.42. The Hall–Kier alpha value is -1.49. The van der Waals surface area contributed by atoms with Crippen LogP contribution in [0.15, 0.2) is 24.3 Å². The minimum absolute atomic E-state index is 0.0517. The maximum absolute atomic E-state index is 12.0. The average Bonchev–Trinajstić information content (AvgIpc) is 2.40. The van der Waals surface area contributed by atoms with Crippen molar-refractivity contribution in [2.75, 3.05) is 18.2 Å². The van der Waals surface area contributed by atoms with Crippen molar-refractivity contribution in [1.82, 2.24) is 0 Å². The molecular weight excluding hydrogens is 262 g/mol. The Morgan fingerprint density at radius 2 is 2.05 bits per heavy atom. The van der Waals surface area contributed by atoms with Crippen LogP contribution in [0.5, 0.6) is 0 Å². The summed E-state index contributed by atoms with van der Waals surface area (Å²) in [7, 11) is 1.36. The van der Waals surface area contributed by atoms with Gasteiger partial charge in [-0.3, -0.25) is 9.59 Å². The number of hydrogen-bond acceptors (Lipinski definition) is 4. The Morgan fingerprint density at radius 3 is 2.68 bits per heavy atom. The van der Waals surface area contributed by atoms with Crippen LogP contribution in [0, 0.1) is 6.92 Å². The third-order valence-corrected chi connectivity index (χ3v) is 3.83. The normalized spacial score (nSPS) is 11.7. The topological polar surface area (TPSA) is 55.4 Å². The highest BCUT2D eigenvalue weighted by molar-refractivity contribution is 8.00. The number of aryl methyl sites for hydroxylation is 1. The minimum Gasteiger partial charge on any atom is -0.469 e. The Balaban J connectivity index is 2.41. The van der Waals surface area contributed by atoms with Crippen molar-refractivity contribution in [2.24, 2.45) is 0 Å². The van der Waals surface area contributed by atoms with Crippen LogP contribution in [-0.4, -0.2) is 30.0 Å². The molecule has 0 aliphatic carbocycles. The minimum atomic E-state index is -0.251. The van der Waals surface area contributed by atoms with E-state index in [-0.39, 0.29) is 17.1 Å². The van der Waals surface area contributed by atoms with Crippen molar-refractivity contribution in [3.8, 4) is 0 Å². The number of carbonyl (C=O) groups is 2. The van der Waals surface area contributed by atoms with E-state index in [1.807, 2.05) is 38.1 Å². The summed E-state index contributed by atoms with van der Waals surface area (Å²) < 4.78 is 4.55. The monoisotopic (exact) mass is 281 g/mol. The van der Waals surface area contributed by atoms with E-state index < -0.39 is 0 Å². The molecule has 1 aromatic rings. The first-order valence-electron chi connectivity index (χ1n) is 6.09. The number of benzene rings is 1. The van der Waals surface area contributed by atoms with E-state index in [1.54, 1.807) is 0 Å². The van der Waals surface area contributed by atoms with Crippen LogP contribution in [-0.2, 0) is 14.3 Å². The van der Waals surface area contributed by atoms with E-state index in [1.165, 1.54) is 18.9 Å². The van der Waals surface area contributed by atoms with Crippen LogP contribution in [0.25, 0.3) is 0 Å². The number of methoxy groups -OCH3 is 1. The SMILES string of the molecule is COC(=O)CCS[C@@H](C)C(=O)Nc1ccccc1C. The number of para-hydroxylation sites is 1. The molecule has 4 nitrogen and oxygen atoms in total. The molecule has 104 valence electrons. The molecule has 0 aliphatic heterocycles. The van der Waals surface area contributed by atoms with Gasteiger partial charge in [0.1, 0.15) is 0 Å². The first-order valence-corrected chi connectivity index (χ1v) is 7.14. The predicted octanol–water partition coefficient (Wildman–Crippen LogP) is 2.62. The maximum Gasteiger partial charge on any atom is 0.306 e. The van der Waals surface area contributed by atoms with E-state index in [0.29, 0.717) is 12.2 Å². The zero-order chi connectivity index (χ0) is 14.3. The molecule has 1 rings (SSSR count). The van der Waals surface area contributed by atoms with Gasteiger partial charge in [-0.1, -0.05) is 18.2 Å². The van der Waals surface area contributed by atoms with Crippen LogP contribution in [0.4, 0.5) is 5.69 Å². The van der Waals surface area contributed by atoms with Gasteiger partial charge in [0.05, 0.1) is 18.8 Å². The standard InChI is InChI=1S/C14H19NO3S/c1-10-6-4-5-7-12(10)15-14(17)11(2)19-9-8-13(16)18-3/h4-7,11H,8-9H2,1-3H3,(H,15,17)/t11-/m0/s1. The second kappa shape index (κ2) is 7.84. The average molecular weight is 281 g/mol. The first-order chi connectivity index (χ1) is 9.04. The lowest BCUT2D eigenvalue weighted by Crippen LogP contribution is -2.23. The van der Waals surface area contributed by atoms with E-state index >= 15 is 0 Å². The van der Waals surface area contributed by atoms with Gasteiger partial charge in [0.15, 0.2) is 0 Å². The van der Waals surface area contributed by atoms with E-state index in [4.69, 9.17) is 0 Å². The molecule has 1 atom stereocenters. The molecule has 0 heterocycles. The van der Waals surface area contributed by atoms with E-state index in [0.717, 1.165) is 11.3 Å². The van der Waals surface area contributed by atoms with Gasteiger partial charge < -0.3 is 10.1 Å². The summed E-state index contributed by atoms with van der Waals surface area (Å²) in [5.74, 6) is 0.276. The number of thioether (sulfide) groups is 1. The molecule has 0 spiro atoms. The summed E-state index contributed by atoms with van der Waals surface area (Å²) in [6.07, 6.45) is 0.323. The number of anilines is 1. The fourth-order valence-corrected chi connectivity index (χ4v) is 2.29. The quantitative estimate of drug-likeness (QED) is 0.814. The second-order valence-electron chi connectivity index (χ2n) is 4.14. The lowest BCUT2D eigenvalue weighted by molar-refractivity contribution is -0.140. The van der Waals surface area contributed by atoms with Crippen LogP contribution in [0.2, 0.25) is 0 Å². The second-order valence-corrected chi connectivity index (χ2v) is 5.59. The molecule has 0 radical (unpaired) electrons. The number of ether oxygens (including phenoxy) is 1. The number of hydrogen-bond donors (Lipinski definition) is 1. The summed E-state index contributed by atoms with van der Waals surface area (Å²) in [6.45, 7) is 3.78. The molecule has 0 fully saturated rings. The number of esters is 1. The zero-order valence-electron chi connectivity index (χ0n) is 11.4. The third kappa shape index (κ3) is 5.34. The lowest BCUT2D eigenvalue weighted by atomic mass is 10.2. The summed E-state index contributed by atoms with van der Waals surface area (Å²) >= 11 is 1.44. The van der Waals surface area contributed by atoms with Gasteiger partial charge in [-0.05, 0) is 25.5 Å². The predicted molar refractivity (Wildman–Crippen MR) is 78.4 cm³/mol. The van der Waals surface area contributed by atoms with Crippen molar-refractivity contribution >= 4 is 29.3 Å². The van der Waals surface area contributed by atoms with Crippen molar-refractivity contribution in [3.05, 3.63) is 29.8 Å². The zero-order valence-corrected chi connectivity index (χ0v) is 12.3. The smallest absolute Gasteiger partial charge is 0.306 e. The number of amides is 1. The summed E-state index contributed by atoms with van der Waals surface area (Å²) in [5.41, 5.74) is 1.86. The summed E-state index contributed by atoms with van der Waals surface area (Å²) in [5, 5.41) is 2.68. The van der Waals surface area contributed by atoms with Crippen molar-refractivity contribution in [1.29, 1.82) is 0 Å². The van der Waals surface area contributed by atoms with Gasteiger partial charge in [0, 0.05) is 11.4 Å². The highest BCUT2D eigenvalue weighted by atomic mass is 32.2. The van der Waals surface area contributed by atoms with Crippen molar-refractivity contribution in [3.63, 3.8) is 0 Å². The fourth-order valence-electron chi connectivity index (χ4n) is 1.44. The largest absolute Gasteiger partial charge is 0.469 e. The molecule has 0 saturated heterocycles. The van der Waals surface area contributed by atoms with Gasteiger partial charge >= 0.3 is 5.97 Å². The highest BCUT2D eigenvalue weighted by Crippen LogP contribution is 2.17. The molecule has 0 aliphatic rings. The molecule has 0 saturated carbocycles. The first kappa shape index (κ1) is 15.6. The molecule has 0 aromatic heterocycles. The third-order valence-electron chi connectivity index (χ3n) is 2.67. The lowest BCUT2D eigenvalue weighted by Gasteiger charge is -2.13. The van der Waals surface area contributed by atoms with Crippen molar-refractivity contribution < 1.29 is 14.3 Å². The Morgan fingerprint density at radius 1 is 1.37 bits per heavy atom. The van der Waals surface area contributed by atoms with Gasteiger partial charge in [-0.2, -0.15) is 0 Å². The molecule has 0 unspecified atom stereocenters. The Labute approximate surface area is 117 Å². The summed E-state index contributed by atoms with van der Waals surface area (Å²) in [6, 6.07) is 7.64. The van der Waals surface area contributed by atoms with E-state index in [2.05, 4.69) is 10.1 Å². The molecule has 19 heavy (non-hydrogen) atoms. The van der Waals surface area contributed by atoms with Gasteiger partial charge in [0.25, 0.3) is 0 Å². The molecule has 1 aromatic carbocycles. The van der Waals surface area contributed by atoms with E-state index in [9.17, 15) is 9.59 Å². The highest BCUT2D eigenvalue weighted by Gasteiger charge is 2.14. The molecule has 0 bridgehead atoms. The van der Waals surface area contributed by atoms with Crippen LogP contribution >= 0.6 is 11.8 Å². The van der Waals surface area contributed by atoms with Gasteiger partial charge in [-0.15, -0.1) is 11.8 Å². The maximum atomic E-state index is 12.0. The van der Waals surface area contributed by atoms with Gasteiger partial charge in [-0.25, -0.2) is 0 Å². The summed E-state index contributed by atoms with van der Waals surface area (Å²) in [4.78, 5) is 22.9. The Bertz CT molecular complexity index is 448. The fraction of sp³-hybridized carbons (Fsp3) is 0.429. The molecule has 1 N–H and O–H groups in total. The number of carbonyl (C=O) groups excluding carboxylic acids is 2. The van der Waals surface area contributed by atoms with Crippen molar-refractivity contribution in [2.45, 2.75) is 25.5 Å². The van der Waals surface area contributed by atoms with Gasteiger partial charge in [0.2, 0.25) is 5.91 Å². The number of rotatable bonds is 6. The molecular formula is C14H19NO3S. The van der Waals surface area contributed by atoms with Crippen LogP contribution in [0.3, 0.4) is 0 Å².